The zero-order valence-electron chi connectivity index (χ0n) is 39.6. The first kappa shape index (κ1) is 51.1. The van der Waals surface area contributed by atoms with Gasteiger partial charge in [-0.2, -0.15) is 18.6 Å². The number of anilines is 1. The normalized spacial score (nSPS) is 21.6. The van der Waals surface area contributed by atoms with Crippen molar-refractivity contribution in [3.63, 3.8) is 0 Å². The maximum atomic E-state index is 14.8. The van der Waals surface area contributed by atoms with Crippen molar-refractivity contribution in [2.75, 3.05) is 64.6 Å². The minimum atomic E-state index is -3.94. The summed E-state index contributed by atoms with van der Waals surface area (Å²) >= 11 is 0. The van der Waals surface area contributed by atoms with E-state index >= 15 is 0 Å². The van der Waals surface area contributed by atoms with Crippen LogP contribution in [0.25, 0.3) is 0 Å². The van der Waals surface area contributed by atoms with Crippen LogP contribution < -0.4 is 9.64 Å². The minimum Gasteiger partial charge on any atom is -0.493 e. The van der Waals surface area contributed by atoms with Gasteiger partial charge in [0, 0.05) is 67.0 Å². The van der Waals surface area contributed by atoms with Crippen LogP contribution >= 0.6 is 0 Å². The third-order valence-corrected chi connectivity index (χ3v) is 13.6. The van der Waals surface area contributed by atoms with Crippen molar-refractivity contribution in [2.45, 2.75) is 76.1 Å². The summed E-state index contributed by atoms with van der Waals surface area (Å²) in [6.45, 7) is 13.6. The lowest BCUT2D eigenvalue weighted by atomic mass is 9.87. The summed E-state index contributed by atoms with van der Waals surface area (Å²) in [4.78, 5) is 12.7. The molecule has 0 saturated carbocycles. The second-order valence-electron chi connectivity index (χ2n) is 18.0. The molecular formula is C50H60F4N8O6S. The number of halogens is 4. The summed E-state index contributed by atoms with van der Waals surface area (Å²) in [6.07, 6.45) is 7.85. The van der Waals surface area contributed by atoms with Gasteiger partial charge in [0.1, 0.15) is 65.5 Å². The van der Waals surface area contributed by atoms with Crippen LogP contribution in [-0.4, -0.2) is 103 Å². The fourth-order valence-electron chi connectivity index (χ4n) is 8.80. The van der Waals surface area contributed by atoms with Crippen molar-refractivity contribution in [3.8, 4) is 5.75 Å². The van der Waals surface area contributed by atoms with E-state index in [9.17, 15) is 26.0 Å². The van der Waals surface area contributed by atoms with Crippen LogP contribution in [0, 0.1) is 49.0 Å². The van der Waals surface area contributed by atoms with Gasteiger partial charge in [-0.3, -0.25) is 4.18 Å². The van der Waals surface area contributed by atoms with Gasteiger partial charge in [0.25, 0.3) is 10.1 Å². The summed E-state index contributed by atoms with van der Waals surface area (Å²) in [5.41, 5.74) is 1.59. The van der Waals surface area contributed by atoms with Crippen molar-refractivity contribution >= 4 is 15.8 Å². The van der Waals surface area contributed by atoms with Crippen LogP contribution in [-0.2, 0) is 48.1 Å². The molecule has 3 saturated heterocycles. The lowest BCUT2D eigenvalue weighted by Crippen LogP contribution is -2.44. The molecule has 0 bridgehead atoms. The molecule has 3 fully saturated rings. The number of aryl methyl sites for hydroxylation is 2. The fourth-order valence-corrected chi connectivity index (χ4v) is 9.77. The van der Waals surface area contributed by atoms with Crippen LogP contribution in [0.5, 0.6) is 5.75 Å². The molecule has 5 heterocycles. The number of ether oxygens (including phenoxy) is 3. The van der Waals surface area contributed by atoms with Gasteiger partial charge in [-0.15, -0.1) is 0 Å². The summed E-state index contributed by atoms with van der Waals surface area (Å²) in [5, 5.41) is 8.23. The van der Waals surface area contributed by atoms with Crippen molar-refractivity contribution in [3.05, 3.63) is 150 Å². The molecule has 6 aromatic rings. The first-order valence-corrected chi connectivity index (χ1v) is 24.5. The van der Waals surface area contributed by atoms with Gasteiger partial charge in [0.05, 0.1) is 44.4 Å². The topological polar surface area (TPSA) is 139 Å². The van der Waals surface area contributed by atoms with E-state index in [1.54, 1.807) is 23.1 Å². The number of aromatic nitrogens is 6. The monoisotopic (exact) mass is 976 g/mol. The maximum Gasteiger partial charge on any atom is 0.296 e. The summed E-state index contributed by atoms with van der Waals surface area (Å²) in [5.74, 6) is -2.12. The van der Waals surface area contributed by atoms with E-state index in [2.05, 4.69) is 69.9 Å². The number of piperazine rings is 1. The molecule has 3 aliphatic rings. The molecule has 3 aliphatic heterocycles. The van der Waals surface area contributed by atoms with E-state index in [1.807, 2.05) is 13.0 Å². The molecule has 0 spiro atoms. The van der Waals surface area contributed by atoms with Crippen LogP contribution in [0.3, 0.4) is 0 Å². The molecule has 0 aliphatic carbocycles. The number of hydrogen-bond acceptors (Lipinski definition) is 12. The Morgan fingerprint density at radius 1 is 0.696 bits per heavy atom. The molecule has 4 aromatic carbocycles. The van der Waals surface area contributed by atoms with E-state index in [4.69, 9.17) is 18.4 Å². The fraction of sp³-hybridized carbons (Fsp3) is 0.440. The van der Waals surface area contributed by atoms with Crippen molar-refractivity contribution in [2.24, 2.45) is 11.8 Å². The lowest BCUT2D eigenvalue weighted by Gasteiger charge is -2.34. The Labute approximate surface area is 401 Å². The Bertz CT molecular complexity index is 2690. The van der Waals surface area contributed by atoms with Crippen molar-refractivity contribution in [1.29, 1.82) is 0 Å². The lowest BCUT2D eigenvalue weighted by molar-refractivity contribution is -0.0209. The molecule has 9 rings (SSSR count). The third kappa shape index (κ3) is 12.9. The predicted molar refractivity (Wildman–Crippen MR) is 251 cm³/mol. The van der Waals surface area contributed by atoms with Crippen LogP contribution in [0.4, 0.5) is 23.2 Å². The van der Waals surface area contributed by atoms with Crippen LogP contribution in [0.15, 0.2) is 109 Å². The number of nitrogens with zero attached hydrogens (tertiary/aromatic N) is 8. The molecule has 0 radical (unpaired) electrons. The first-order chi connectivity index (χ1) is 33.1. The zero-order chi connectivity index (χ0) is 49.2. The zero-order valence-corrected chi connectivity index (χ0v) is 40.4. The van der Waals surface area contributed by atoms with E-state index in [-0.39, 0.29) is 55.0 Å². The van der Waals surface area contributed by atoms with Crippen LogP contribution in [0.1, 0.15) is 55.4 Å². The highest BCUT2D eigenvalue weighted by Gasteiger charge is 2.46. The first-order valence-electron chi connectivity index (χ1n) is 23.1. The van der Waals surface area contributed by atoms with E-state index < -0.39 is 44.6 Å². The summed E-state index contributed by atoms with van der Waals surface area (Å²) < 4.78 is 108. The second kappa shape index (κ2) is 22.8. The van der Waals surface area contributed by atoms with Gasteiger partial charge in [0.15, 0.2) is 0 Å². The highest BCUT2D eigenvalue weighted by molar-refractivity contribution is 7.86. The highest BCUT2D eigenvalue weighted by Crippen LogP contribution is 2.43. The van der Waals surface area contributed by atoms with Gasteiger partial charge in [-0.25, -0.2) is 36.9 Å². The molecule has 4 atom stereocenters. The molecular weight excluding hydrogens is 917 g/mol. The van der Waals surface area contributed by atoms with E-state index in [1.165, 1.54) is 66.1 Å². The summed E-state index contributed by atoms with van der Waals surface area (Å²) in [6, 6.07) is 19.6. The minimum absolute atomic E-state index is 0.0414. The van der Waals surface area contributed by atoms with Gasteiger partial charge in [-0.05, 0) is 81.8 Å². The van der Waals surface area contributed by atoms with E-state index in [0.29, 0.717) is 25.2 Å². The molecule has 19 heteroatoms. The average Bonchev–Trinajstić information content (AvgIpc) is 4.17. The van der Waals surface area contributed by atoms with Gasteiger partial charge in [0.2, 0.25) is 0 Å². The summed E-state index contributed by atoms with van der Waals surface area (Å²) in [7, 11) is -1.79. The van der Waals surface area contributed by atoms with Gasteiger partial charge < -0.3 is 24.0 Å². The second-order valence-corrected chi connectivity index (χ2v) is 19.6. The smallest absolute Gasteiger partial charge is 0.296 e. The quantitative estimate of drug-likeness (QED) is 0.0768. The Hall–Kier alpha value is -5.73. The predicted octanol–water partition coefficient (Wildman–Crippen LogP) is 8.25. The number of likely N-dealkylation sites (N-methyl/N-ethyl adjacent to an activating group) is 1. The number of rotatable bonds is 14. The third-order valence-electron chi connectivity index (χ3n) is 12.3. The molecule has 370 valence electrons. The van der Waals surface area contributed by atoms with Gasteiger partial charge >= 0.3 is 0 Å². The Morgan fingerprint density at radius 3 is 1.70 bits per heavy atom. The molecule has 0 unspecified atom stereocenters. The molecule has 14 nitrogen and oxygen atoms in total. The SMILES string of the molecule is CCC.Cc1cc(N2CCN(C)CC2)ccc1OC[C@@H]1CO[C@@](Cn2cncn2)(c2ccc(F)cc2F)C1.Cc1ccc(S(=O)(=O)OC[C@@H]2CO[C@@](Cn3cncn3)(c3ccc(F)cc3F)C2)cc1. The Morgan fingerprint density at radius 2 is 1.22 bits per heavy atom. The number of benzene rings is 4. The molecule has 69 heavy (non-hydrogen) atoms. The molecule has 0 amide bonds. The Kier molecular flexibility index (Phi) is 16.9. The Balaban J connectivity index is 0.000000194. The largest absolute Gasteiger partial charge is 0.493 e. The maximum absolute atomic E-state index is 14.8. The average molecular weight is 977 g/mol. The van der Waals surface area contributed by atoms with Crippen LogP contribution in [0.2, 0.25) is 0 Å². The van der Waals surface area contributed by atoms with Crippen molar-refractivity contribution in [1.82, 2.24) is 34.4 Å². The molecule has 0 N–H and O–H groups in total. The molecule has 2 aromatic heterocycles. The standard InChI is InChI=1S/C26H31F2N5O2.C21H21F2N3O4S.C3H8/c1-19-11-22(32-9-7-31(2)8-10-32)4-6-25(19)34-14-20-13-26(35-15-20,16-33-18-29-17-30-33)23-5-3-21(27)12-24(23)28;1-15-2-5-18(6-3-15)31(27,28)30-11-16-9-21(29-10-16,12-26-14-24-13-25-26)19-7-4-17(22)8-20(19)23;1-3-2/h3-6,11-12,17-18,20H,7-10,13-16H2,1-2H3;2-8,13-14,16H,9-12H2,1H3;3H2,1-2H3/t20-,26+;16-,21-;/m10./s1. The van der Waals surface area contributed by atoms with Gasteiger partial charge in [-0.1, -0.05) is 50.1 Å². The van der Waals surface area contributed by atoms with E-state index in [0.717, 1.165) is 61.3 Å². The number of hydrogen-bond donors (Lipinski definition) is 0. The van der Waals surface area contributed by atoms with Crippen molar-refractivity contribution < 1.29 is 44.4 Å². The highest BCUT2D eigenvalue weighted by atomic mass is 32.2.